The number of rotatable bonds is 5. The normalized spacial score (nSPS) is 15.2. The number of nitrogens with two attached hydrogens (primary N) is 1. The predicted octanol–water partition coefficient (Wildman–Crippen LogP) is 1.12. The second kappa shape index (κ2) is 4.79. The molecule has 2 N–H and O–H groups in total. The number of nitrogens with zero attached hydrogens (tertiary/aromatic N) is 2. The Morgan fingerprint density at radius 2 is 2.29 bits per heavy atom. The third kappa shape index (κ3) is 3.00. The van der Waals surface area contributed by atoms with Gasteiger partial charge in [0.25, 0.3) is 0 Å². The van der Waals surface area contributed by atoms with Crippen molar-refractivity contribution < 1.29 is 9.53 Å². The maximum atomic E-state index is 11.9. The van der Waals surface area contributed by atoms with Gasteiger partial charge in [0.05, 0.1) is 5.69 Å². The molecule has 0 saturated heterocycles. The van der Waals surface area contributed by atoms with Gasteiger partial charge >= 0.3 is 5.97 Å². The first-order chi connectivity index (χ1) is 8.08. The first kappa shape index (κ1) is 12.0. The Hall–Kier alpha value is -1.49. The molecule has 2 rings (SSSR count). The van der Waals surface area contributed by atoms with Gasteiger partial charge in [-0.2, -0.15) is 0 Å². The molecule has 0 unspecified atom stereocenters. The molecule has 5 heteroatoms. The second-order valence-electron chi connectivity index (χ2n) is 4.74. The van der Waals surface area contributed by atoms with Crippen molar-refractivity contribution in [2.45, 2.75) is 18.9 Å². The summed E-state index contributed by atoms with van der Waals surface area (Å²) in [5, 5.41) is 0. The first-order valence-corrected chi connectivity index (χ1v) is 5.87. The quantitative estimate of drug-likeness (QED) is 0.780. The summed E-state index contributed by atoms with van der Waals surface area (Å²) in [7, 11) is 3.89. The number of esters is 1. The zero-order valence-corrected chi connectivity index (χ0v) is 10.3. The van der Waals surface area contributed by atoms with Crippen molar-refractivity contribution in [1.82, 2.24) is 9.47 Å². The molecule has 5 nitrogen and oxygen atoms in total. The molecule has 17 heavy (non-hydrogen) atoms. The highest BCUT2D eigenvalue weighted by molar-refractivity contribution is 5.89. The third-order valence-corrected chi connectivity index (χ3v) is 2.79. The Bertz CT molecular complexity index is 408. The molecule has 1 aromatic heterocycles. The van der Waals surface area contributed by atoms with Gasteiger partial charge < -0.3 is 19.9 Å². The first-order valence-electron chi connectivity index (χ1n) is 5.87. The van der Waals surface area contributed by atoms with Gasteiger partial charge in [-0.25, -0.2) is 4.79 Å². The van der Waals surface area contributed by atoms with E-state index in [2.05, 4.69) is 0 Å². The summed E-state index contributed by atoms with van der Waals surface area (Å²) < 4.78 is 7.15. The molecule has 0 bridgehead atoms. The van der Waals surface area contributed by atoms with Gasteiger partial charge in [-0.05, 0) is 33.0 Å². The molecule has 0 spiro atoms. The van der Waals surface area contributed by atoms with Crippen LogP contribution in [0.25, 0.3) is 0 Å². The molecule has 1 aliphatic carbocycles. The van der Waals surface area contributed by atoms with Crippen molar-refractivity contribution in [2.24, 2.45) is 0 Å². The van der Waals surface area contributed by atoms with Crippen LogP contribution in [0.15, 0.2) is 12.3 Å². The zero-order valence-electron chi connectivity index (χ0n) is 10.3. The molecule has 0 radical (unpaired) electrons. The van der Waals surface area contributed by atoms with Crippen LogP contribution >= 0.6 is 0 Å². The smallest absolute Gasteiger partial charge is 0.355 e. The summed E-state index contributed by atoms with van der Waals surface area (Å²) in [6, 6.07) is 2.12. The Labute approximate surface area is 101 Å². The van der Waals surface area contributed by atoms with Crippen LogP contribution in [0.1, 0.15) is 29.4 Å². The van der Waals surface area contributed by atoms with E-state index in [0.29, 0.717) is 24.0 Å². The van der Waals surface area contributed by atoms with E-state index in [1.165, 1.54) is 0 Å². The Morgan fingerprint density at radius 3 is 2.88 bits per heavy atom. The lowest BCUT2D eigenvalue weighted by atomic mass is 10.4. The number of anilines is 1. The lowest BCUT2D eigenvalue weighted by Crippen LogP contribution is -2.21. The molecule has 1 saturated carbocycles. The summed E-state index contributed by atoms with van der Waals surface area (Å²) in [6.45, 7) is 1.13. The van der Waals surface area contributed by atoms with E-state index in [0.717, 1.165) is 19.4 Å². The van der Waals surface area contributed by atoms with Crippen LogP contribution in [0, 0.1) is 0 Å². The average Bonchev–Trinajstić information content (AvgIpc) is 3.01. The van der Waals surface area contributed by atoms with Crippen molar-refractivity contribution >= 4 is 11.7 Å². The molecule has 0 amide bonds. The fourth-order valence-electron chi connectivity index (χ4n) is 1.71. The van der Waals surface area contributed by atoms with Gasteiger partial charge in [0.1, 0.15) is 12.3 Å². The van der Waals surface area contributed by atoms with E-state index in [1.807, 2.05) is 29.8 Å². The second-order valence-corrected chi connectivity index (χ2v) is 4.74. The molecule has 0 aromatic carbocycles. The Morgan fingerprint density at radius 1 is 1.59 bits per heavy atom. The van der Waals surface area contributed by atoms with Crippen molar-refractivity contribution in [3.05, 3.63) is 18.0 Å². The number of aromatic nitrogens is 1. The highest BCUT2D eigenvalue weighted by Gasteiger charge is 2.28. The van der Waals surface area contributed by atoms with Crippen LogP contribution < -0.4 is 5.73 Å². The molecule has 1 heterocycles. The Kier molecular flexibility index (Phi) is 3.38. The minimum Gasteiger partial charge on any atom is -0.460 e. The van der Waals surface area contributed by atoms with E-state index < -0.39 is 0 Å². The highest BCUT2D eigenvalue weighted by Crippen LogP contribution is 2.37. The number of carbonyl (C=O) groups excluding carboxylic acids is 1. The van der Waals surface area contributed by atoms with Crippen molar-refractivity contribution in [3.63, 3.8) is 0 Å². The van der Waals surface area contributed by atoms with E-state index in [1.54, 1.807) is 6.07 Å². The summed E-state index contributed by atoms with van der Waals surface area (Å²) >= 11 is 0. The number of likely N-dealkylation sites (N-methyl/N-ethyl adjacent to an activating group) is 1. The number of hydrogen-bond donors (Lipinski definition) is 1. The van der Waals surface area contributed by atoms with Crippen LogP contribution in [-0.4, -0.2) is 42.7 Å². The molecule has 1 fully saturated rings. The largest absolute Gasteiger partial charge is 0.460 e. The average molecular weight is 237 g/mol. The summed E-state index contributed by atoms with van der Waals surface area (Å²) in [5.74, 6) is -0.282. The SMILES string of the molecule is CN(C)CCOC(=O)c1cc(N)cn1C1CC1. The van der Waals surface area contributed by atoms with Crippen molar-refractivity contribution in [3.8, 4) is 0 Å². The van der Waals surface area contributed by atoms with Crippen LogP contribution in [-0.2, 0) is 4.74 Å². The topological polar surface area (TPSA) is 60.5 Å². The molecule has 1 aromatic rings. The predicted molar refractivity (Wildman–Crippen MR) is 66.0 cm³/mol. The minimum atomic E-state index is -0.282. The maximum Gasteiger partial charge on any atom is 0.355 e. The van der Waals surface area contributed by atoms with E-state index in [4.69, 9.17) is 10.5 Å². The number of carbonyl (C=O) groups is 1. The summed E-state index contributed by atoms with van der Waals surface area (Å²) in [5.41, 5.74) is 6.92. The van der Waals surface area contributed by atoms with Gasteiger partial charge in [-0.3, -0.25) is 0 Å². The summed E-state index contributed by atoms with van der Waals surface area (Å²) in [6.07, 6.45) is 4.05. The lowest BCUT2D eigenvalue weighted by Gasteiger charge is -2.11. The number of hydrogen-bond acceptors (Lipinski definition) is 4. The molecule has 0 atom stereocenters. The molecular weight excluding hydrogens is 218 g/mol. The van der Waals surface area contributed by atoms with Crippen LogP contribution in [0.4, 0.5) is 5.69 Å². The third-order valence-electron chi connectivity index (χ3n) is 2.79. The maximum absolute atomic E-state index is 11.9. The summed E-state index contributed by atoms with van der Waals surface area (Å²) in [4.78, 5) is 13.8. The fraction of sp³-hybridized carbons (Fsp3) is 0.583. The number of ether oxygens (including phenoxy) is 1. The molecule has 1 aliphatic rings. The molecule has 0 aliphatic heterocycles. The number of nitrogen functional groups attached to an aromatic ring is 1. The molecular formula is C12H19N3O2. The van der Waals surface area contributed by atoms with Crippen molar-refractivity contribution in [2.75, 3.05) is 33.0 Å². The standard InChI is InChI=1S/C12H19N3O2/c1-14(2)5-6-17-12(16)11-7-9(13)8-15(11)10-3-4-10/h7-8,10H,3-6,13H2,1-2H3. The minimum absolute atomic E-state index is 0.282. The lowest BCUT2D eigenvalue weighted by molar-refractivity contribution is 0.0469. The van der Waals surface area contributed by atoms with Crippen molar-refractivity contribution in [1.29, 1.82) is 0 Å². The van der Waals surface area contributed by atoms with Crippen LogP contribution in [0.2, 0.25) is 0 Å². The van der Waals surface area contributed by atoms with E-state index in [-0.39, 0.29) is 5.97 Å². The van der Waals surface area contributed by atoms with Gasteiger partial charge in [-0.15, -0.1) is 0 Å². The van der Waals surface area contributed by atoms with Gasteiger partial charge in [0.2, 0.25) is 0 Å². The van der Waals surface area contributed by atoms with E-state index >= 15 is 0 Å². The van der Waals surface area contributed by atoms with Gasteiger partial charge in [0, 0.05) is 18.8 Å². The van der Waals surface area contributed by atoms with Gasteiger partial charge in [0.15, 0.2) is 0 Å². The molecule has 94 valence electrons. The van der Waals surface area contributed by atoms with Crippen LogP contribution in [0.3, 0.4) is 0 Å². The van der Waals surface area contributed by atoms with E-state index in [9.17, 15) is 4.79 Å². The Balaban J connectivity index is 1.98. The van der Waals surface area contributed by atoms with Gasteiger partial charge in [-0.1, -0.05) is 0 Å². The van der Waals surface area contributed by atoms with Crippen LogP contribution in [0.5, 0.6) is 0 Å². The monoisotopic (exact) mass is 237 g/mol. The highest BCUT2D eigenvalue weighted by atomic mass is 16.5. The zero-order chi connectivity index (χ0) is 12.4. The fourth-order valence-corrected chi connectivity index (χ4v) is 1.71.